The van der Waals surface area contributed by atoms with Gasteiger partial charge in [0.25, 0.3) is 0 Å². The second-order valence-corrected chi connectivity index (χ2v) is 5.79. The predicted octanol–water partition coefficient (Wildman–Crippen LogP) is 1.97. The van der Waals surface area contributed by atoms with E-state index in [4.69, 9.17) is 4.74 Å². The lowest BCUT2D eigenvalue weighted by atomic mass is 9.96. The van der Waals surface area contributed by atoms with Crippen molar-refractivity contribution in [3.8, 4) is 0 Å². The SMILES string of the molecule is CCC1(C)COCCN1CCN1CCCCC1. The molecule has 0 aromatic rings. The summed E-state index contributed by atoms with van der Waals surface area (Å²) in [5.74, 6) is 0. The highest BCUT2D eigenvalue weighted by Gasteiger charge is 2.33. The molecule has 0 aromatic heterocycles. The van der Waals surface area contributed by atoms with Gasteiger partial charge < -0.3 is 9.64 Å². The molecule has 0 spiro atoms. The third-order valence-electron chi connectivity index (χ3n) is 4.58. The van der Waals surface area contributed by atoms with Crippen LogP contribution in [0.3, 0.4) is 0 Å². The predicted molar refractivity (Wildman–Crippen MR) is 71.4 cm³/mol. The van der Waals surface area contributed by atoms with E-state index in [2.05, 4.69) is 23.6 Å². The summed E-state index contributed by atoms with van der Waals surface area (Å²) in [4.78, 5) is 5.28. The Morgan fingerprint density at radius 2 is 1.82 bits per heavy atom. The molecule has 0 amide bonds. The van der Waals surface area contributed by atoms with Crippen molar-refractivity contribution < 1.29 is 4.74 Å². The Morgan fingerprint density at radius 1 is 1.06 bits per heavy atom. The zero-order chi connectivity index (χ0) is 12.1. The Morgan fingerprint density at radius 3 is 2.53 bits per heavy atom. The van der Waals surface area contributed by atoms with Crippen LogP contribution in [0.5, 0.6) is 0 Å². The van der Waals surface area contributed by atoms with Gasteiger partial charge in [-0.2, -0.15) is 0 Å². The molecule has 2 heterocycles. The van der Waals surface area contributed by atoms with Crippen molar-refractivity contribution in [2.75, 3.05) is 45.9 Å². The summed E-state index contributed by atoms with van der Waals surface area (Å²) in [5, 5.41) is 0. The lowest BCUT2D eigenvalue weighted by Gasteiger charge is -2.45. The molecule has 0 aliphatic carbocycles. The second kappa shape index (κ2) is 6.17. The maximum Gasteiger partial charge on any atom is 0.0648 e. The zero-order valence-corrected chi connectivity index (χ0v) is 11.6. The Labute approximate surface area is 106 Å². The molecule has 1 atom stereocenters. The van der Waals surface area contributed by atoms with Crippen molar-refractivity contribution in [3.63, 3.8) is 0 Å². The maximum absolute atomic E-state index is 5.64. The fourth-order valence-corrected chi connectivity index (χ4v) is 2.98. The van der Waals surface area contributed by atoms with E-state index in [1.54, 1.807) is 0 Å². The number of hydrogen-bond acceptors (Lipinski definition) is 3. The highest BCUT2D eigenvalue weighted by molar-refractivity contribution is 4.88. The van der Waals surface area contributed by atoms with Gasteiger partial charge in [0.1, 0.15) is 0 Å². The molecular weight excluding hydrogens is 212 g/mol. The van der Waals surface area contributed by atoms with Gasteiger partial charge in [0, 0.05) is 25.2 Å². The molecule has 0 bridgehead atoms. The molecule has 0 radical (unpaired) electrons. The van der Waals surface area contributed by atoms with Crippen LogP contribution in [0.1, 0.15) is 39.5 Å². The van der Waals surface area contributed by atoms with Crippen molar-refractivity contribution in [3.05, 3.63) is 0 Å². The first-order valence-electron chi connectivity index (χ1n) is 7.30. The molecular formula is C14H28N2O. The minimum Gasteiger partial charge on any atom is -0.378 e. The first-order valence-corrected chi connectivity index (χ1v) is 7.30. The Kier molecular flexibility index (Phi) is 4.83. The normalized spacial score (nSPS) is 32.8. The number of likely N-dealkylation sites (tertiary alicyclic amines) is 1. The fraction of sp³-hybridized carbons (Fsp3) is 1.00. The molecule has 2 aliphatic rings. The molecule has 100 valence electrons. The van der Waals surface area contributed by atoms with Crippen LogP contribution in [0, 0.1) is 0 Å². The summed E-state index contributed by atoms with van der Waals surface area (Å²) in [6.07, 6.45) is 5.41. The lowest BCUT2D eigenvalue weighted by molar-refractivity contribution is -0.0646. The third-order valence-corrected chi connectivity index (χ3v) is 4.58. The standard InChI is InChI=1S/C14H28N2O/c1-3-14(2)13-17-12-11-16(14)10-9-15-7-5-4-6-8-15/h3-13H2,1-2H3. The van der Waals surface area contributed by atoms with E-state index >= 15 is 0 Å². The van der Waals surface area contributed by atoms with Gasteiger partial charge in [0.05, 0.1) is 13.2 Å². The first-order chi connectivity index (χ1) is 8.24. The van der Waals surface area contributed by atoms with Crippen molar-refractivity contribution in [2.45, 2.75) is 45.1 Å². The molecule has 3 heteroatoms. The summed E-state index contributed by atoms with van der Waals surface area (Å²) >= 11 is 0. The van der Waals surface area contributed by atoms with E-state index in [9.17, 15) is 0 Å². The minimum absolute atomic E-state index is 0.272. The van der Waals surface area contributed by atoms with Gasteiger partial charge in [0.2, 0.25) is 0 Å². The Hall–Kier alpha value is -0.120. The molecule has 2 fully saturated rings. The monoisotopic (exact) mass is 240 g/mol. The van der Waals surface area contributed by atoms with Crippen molar-refractivity contribution in [2.24, 2.45) is 0 Å². The number of morpholine rings is 1. The molecule has 0 aromatic carbocycles. The number of piperidine rings is 1. The molecule has 2 aliphatic heterocycles. The molecule has 17 heavy (non-hydrogen) atoms. The Balaban J connectivity index is 1.79. The highest BCUT2D eigenvalue weighted by atomic mass is 16.5. The first kappa shape index (κ1) is 13.3. The van der Waals surface area contributed by atoms with Crippen LogP contribution >= 0.6 is 0 Å². The minimum atomic E-state index is 0.272. The average Bonchev–Trinajstić information content (AvgIpc) is 2.39. The zero-order valence-electron chi connectivity index (χ0n) is 11.6. The Bertz CT molecular complexity index is 228. The number of ether oxygens (including phenoxy) is 1. The van der Waals surface area contributed by atoms with Crippen molar-refractivity contribution >= 4 is 0 Å². The topological polar surface area (TPSA) is 15.7 Å². The molecule has 0 saturated carbocycles. The van der Waals surface area contributed by atoms with Crippen LogP contribution in [0.4, 0.5) is 0 Å². The van der Waals surface area contributed by atoms with Crippen LogP contribution in [0.15, 0.2) is 0 Å². The van der Waals surface area contributed by atoms with Gasteiger partial charge in [-0.05, 0) is 39.3 Å². The molecule has 0 N–H and O–H groups in total. The van der Waals surface area contributed by atoms with Gasteiger partial charge in [-0.1, -0.05) is 13.3 Å². The van der Waals surface area contributed by atoms with Crippen LogP contribution < -0.4 is 0 Å². The fourth-order valence-electron chi connectivity index (χ4n) is 2.98. The second-order valence-electron chi connectivity index (χ2n) is 5.79. The van der Waals surface area contributed by atoms with Crippen molar-refractivity contribution in [1.82, 2.24) is 9.80 Å². The summed E-state index contributed by atoms with van der Waals surface area (Å²) in [6.45, 7) is 12.6. The van der Waals surface area contributed by atoms with Crippen LogP contribution in [-0.2, 0) is 4.74 Å². The van der Waals surface area contributed by atoms with Crippen molar-refractivity contribution in [1.29, 1.82) is 0 Å². The quantitative estimate of drug-likeness (QED) is 0.747. The van der Waals surface area contributed by atoms with Crippen LogP contribution in [0.2, 0.25) is 0 Å². The molecule has 1 unspecified atom stereocenters. The lowest BCUT2D eigenvalue weighted by Crippen LogP contribution is -2.56. The van der Waals surface area contributed by atoms with Crippen LogP contribution in [0.25, 0.3) is 0 Å². The number of hydrogen-bond donors (Lipinski definition) is 0. The molecule has 3 nitrogen and oxygen atoms in total. The summed E-state index contributed by atoms with van der Waals surface area (Å²) < 4.78 is 5.64. The maximum atomic E-state index is 5.64. The number of rotatable bonds is 4. The summed E-state index contributed by atoms with van der Waals surface area (Å²) in [6, 6.07) is 0. The van der Waals surface area contributed by atoms with E-state index in [-0.39, 0.29) is 5.54 Å². The summed E-state index contributed by atoms with van der Waals surface area (Å²) in [7, 11) is 0. The van der Waals surface area contributed by atoms with Gasteiger partial charge in [-0.25, -0.2) is 0 Å². The third kappa shape index (κ3) is 3.43. The number of nitrogens with zero attached hydrogens (tertiary/aromatic N) is 2. The molecule has 2 saturated heterocycles. The van der Waals surface area contributed by atoms with Gasteiger partial charge >= 0.3 is 0 Å². The average molecular weight is 240 g/mol. The largest absolute Gasteiger partial charge is 0.378 e. The van der Waals surface area contributed by atoms with Crippen LogP contribution in [-0.4, -0.2) is 61.3 Å². The van der Waals surface area contributed by atoms with Gasteiger partial charge in [-0.3, -0.25) is 4.90 Å². The van der Waals surface area contributed by atoms with E-state index in [0.29, 0.717) is 0 Å². The molecule has 2 rings (SSSR count). The van der Waals surface area contributed by atoms with Gasteiger partial charge in [-0.15, -0.1) is 0 Å². The van der Waals surface area contributed by atoms with Gasteiger partial charge in [0.15, 0.2) is 0 Å². The van der Waals surface area contributed by atoms with E-state index < -0.39 is 0 Å². The van der Waals surface area contributed by atoms with E-state index in [1.807, 2.05) is 0 Å². The van der Waals surface area contributed by atoms with E-state index in [0.717, 1.165) is 19.8 Å². The smallest absolute Gasteiger partial charge is 0.0648 e. The summed E-state index contributed by atoms with van der Waals surface area (Å²) in [5.41, 5.74) is 0.272. The van der Waals surface area contributed by atoms with E-state index in [1.165, 1.54) is 51.9 Å². The highest BCUT2D eigenvalue weighted by Crippen LogP contribution is 2.23.